The summed E-state index contributed by atoms with van der Waals surface area (Å²) >= 11 is 0. The molecule has 0 bridgehead atoms. The Balaban J connectivity index is 2.06. The molecule has 0 saturated heterocycles. The fourth-order valence-corrected chi connectivity index (χ4v) is 2.07. The van der Waals surface area contributed by atoms with E-state index in [1.807, 2.05) is 24.1 Å². The normalized spacial score (nSPS) is 10.4. The minimum Gasteiger partial charge on any atom is -0.395 e. The van der Waals surface area contributed by atoms with E-state index in [4.69, 9.17) is 5.11 Å². The second-order valence-electron chi connectivity index (χ2n) is 5.11. The molecule has 0 aromatic heterocycles. The molecule has 0 spiro atoms. The topological polar surface area (TPSA) is 52.6 Å². The average Bonchev–Trinajstić information content (AvgIpc) is 2.51. The number of carbonyl (C=O) groups is 1. The van der Waals surface area contributed by atoms with E-state index in [-0.39, 0.29) is 18.3 Å². The number of carbonyl (C=O) groups excluding carboxylic acids is 1. The van der Waals surface area contributed by atoms with Gasteiger partial charge in [-0.15, -0.1) is 0 Å². The summed E-state index contributed by atoms with van der Waals surface area (Å²) in [5, 5.41) is 11.7. The van der Waals surface area contributed by atoms with Gasteiger partial charge in [-0.3, -0.25) is 4.79 Å². The Morgan fingerprint density at radius 1 is 1.23 bits per heavy atom. The second kappa shape index (κ2) is 7.04. The zero-order chi connectivity index (χ0) is 16.1. The Hall–Kier alpha value is -2.40. The first-order valence-corrected chi connectivity index (χ1v) is 7.01. The molecule has 0 unspecified atom stereocenters. The number of aryl methyl sites for hydroxylation is 1. The van der Waals surface area contributed by atoms with Gasteiger partial charge in [0.25, 0.3) is 5.91 Å². The standard InChI is InChI=1S/C17H19FN2O2/c1-12-11-13(3-8-16(12)18)17(22)19-14-4-6-15(7-5-14)20(2)9-10-21/h3-8,11,21H,9-10H2,1-2H3,(H,19,22). The van der Waals surface area contributed by atoms with Crippen LogP contribution in [0.15, 0.2) is 42.5 Å². The van der Waals surface area contributed by atoms with Crippen LogP contribution in [-0.2, 0) is 0 Å². The van der Waals surface area contributed by atoms with Gasteiger partial charge in [-0.05, 0) is 55.0 Å². The van der Waals surface area contributed by atoms with Crippen LogP contribution in [0.3, 0.4) is 0 Å². The van der Waals surface area contributed by atoms with Crippen molar-refractivity contribution in [1.82, 2.24) is 0 Å². The van der Waals surface area contributed by atoms with Gasteiger partial charge < -0.3 is 15.3 Å². The number of rotatable bonds is 5. The van der Waals surface area contributed by atoms with Crippen molar-refractivity contribution in [2.45, 2.75) is 6.92 Å². The summed E-state index contributed by atoms with van der Waals surface area (Å²) in [6, 6.07) is 11.6. The van der Waals surface area contributed by atoms with Crippen LogP contribution in [0.1, 0.15) is 15.9 Å². The Morgan fingerprint density at radius 3 is 2.50 bits per heavy atom. The molecule has 4 nitrogen and oxygen atoms in total. The molecule has 0 atom stereocenters. The van der Waals surface area contributed by atoms with E-state index < -0.39 is 0 Å². The molecule has 0 saturated carbocycles. The van der Waals surface area contributed by atoms with Crippen LogP contribution in [0.25, 0.3) is 0 Å². The molecule has 0 fully saturated rings. The third-order valence-electron chi connectivity index (χ3n) is 3.42. The highest BCUT2D eigenvalue weighted by Gasteiger charge is 2.08. The molecule has 0 aliphatic heterocycles. The average molecular weight is 302 g/mol. The van der Waals surface area contributed by atoms with E-state index in [2.05, 4.69) is 5.32 Å². The van der Waals surface area contributed by atoms with E-state index in [1.165, 1.54) is 18.2 Å². The molecule has 1 amide bonds. The van der Waals surface area contributed by atoms with Gasteiger partial charge in [-0.1, -0.05) is 0 Å². The molecule has 0 aliphatic rings. The van der Waals surface area contributed by atoms with Crippen LogP contribution in [-0.4, -0.2) is 31.2 Å². The van der Waals surface area contributed by atoms with Gasteiger partial charge in [-0.2, -0.15) is 0 Å². The van der Waals surface area contributed by atoms with Crippen LogP contribution in [0, 0.1) is 12.7 Å². The van der Waals surface area contributed by atoms with Crippen molar-refractivity contribution in [3.63, 3.8) is 0 Å². The monoisotopic (exact) mass is 302 g/mol. The molecule has 2 aromatic rings. The number of aliphatic hydroxyl groups is 1. The van der Waals surface area contributed by atoms with E-state index in [0.29, 0.717) is 23.4 Å². The van der Waals surface area contributed by atoms with Crippen LogP contribution < -0.4 is 10.2 Å². The van der Waals surface area contributed by atoms with Crippen molar-refractivity contribution >= 4 is 17.3 Å². The van der Waals surface area contributed by atoms with Crippen molar-refractivity contribution in [2.24, 2.45) is 0 Å². The first-order chi connectivity index (χ1) is 10.5. The Kier molecular flexibility index (Phi) is 5.12. The molecule has 116 valence electrons. The maximum absolute atomic E-state index is 13.2. The minimum atomic E-state index is -0.326. The molecule has 2 aromatic carbocycles. The van der Waals surface area contributed by atoms with Crippen molar-refractivity contribution in [3.8, 4) is 0 Å². The van der Waals surface area contributed by atoms with Gasteiger partial charge in [0.1, 0.15) is 5.82 Å². The zero-order valence-electron chi connectivity index (χ0n) is 12.6. The van der Waals surface area contributed by atoms with E-state index >= 15 is 0 Å². The van der Waals surface area contributed by atoms with Crippen LogP contribution in [0.5, 0.6) is 0 Å². The number of likely N-dealkylation sites (N-methyl/N-ethyl adjacent to an activating group) is 1. The first kappa shape index (κ1) is 16.0. The summed E-state index contributed by atoms with van der Waals surface area (Å²) in [4.78, 5) is 14.0. The lowest BCUT2D eigenvalue weighted by Crippen LogP contribution is -2.21. The third kappa shape index (κ3) is 3.83. The lowest BCUT2D eigenvalue weighted by molar-refractivity contribution is 0.102. The summed E-state index contributed by atoms with van der Waals surface area (Å²) in [6.07, 6.45) is 0. The molecule has 0 heterocycles. The number of aliphatic hydroxyl groups excluding tert-OH is 1. The highest BCUT2D eigenvalue weighted by atomic mass is 19.1. The number of halogens is 1. The summed E-state index contributed by atoms with van der Waals surface area (Å²) < 4.78 is 13.2. The lowest BCUT2D eigenvalue weighted by atomic mass is 10.1. The lowest BCUT2D eigenvalue weighted by Gasteiger charge is -2.18. The fraction of sp³-hybridized carbons (Fsp3) is 0.235. The number of hydrogen-bond donors (Lipinski definition) is 2. The van der Waals surface area contributed by atoms with Gasteiger partial charge in [0.05, 0.1) is 6.61 Å². The fourth-order valence-electron chi connectivity index (χ4n) is 2.07. The Bertz CT molecular complexity index is 656. The molecule has 0 aliphatic carbocycles. The van der Waals surface area contributed by atoms with Crippen molar-refractivity contribution < 1.29 is 14.3 Å². The zero-order valence-corrected chi connectivity index (χ0v) is 12.6. The molecule has 5 heteroatoms. The van der Waals surface area contributed by atoms with Gasteiger partial charge in [0.2, 0.25) is 0 Å². The number of amides is 1. The van der Waals surface area contributed by atoms with E-state index in [0.717, 1.165) is 5.69 Å². The maximum Gasteiger partial charge on any atom is 0.255 e. The number of nitrogens with zero attached hydrogens (tertiary/aromatic N) is 1. The van der Waals surface area contributed by atoms with Crippen LogP contribution in [0.2, 0.25) is 0 Å². The van der Waals surface area contributed by atoms with Crippen molar-refractivity contribution in [1.29, 1.82) is 0 Å². The predicted molar refractivity (Wildman–Crippen MR) is 85.9 cm³/mol. The van der Waals surface area contributed by atoms with Gasteiger partial charge in [-0.25, -0.2) is 4.39 Å². The largest absolute Gasteiger partial charge is 0.395 e. The summed E-state index contributed by atoms with van der Waals surface area (Å²) in [5.74, 6) is -0.604. The highest BCUT2D eigenvalue weighted by molar-refractivity contribution is 6.04. The molecule has 22 heavy (non-hydrogen) atoms. The Morgan fingerprint density at radius 2 is 1.91 bits per heavy atom. The summed E-state index contributed by atoms with van der Waals surface area (Å²) in [6.45, 7) is 2.25. The van der Waals surface area contributed by atoms with E-state index in [1.54, 1.807) is 19.1 Å². The van der Waals surface area contributed by atoms with Gasteiger partial charge in [0, 0.05) is 30.5 Å². The van der Waals surface area contributed by atoms with Gasteiger partial charge in [0.15, 0.2) is 0 Å². The van der Waals surface area contributed by atoms with Crippen LogP contribution in [0.4, 0.5) is 15.8 Å². The first-order valence-electron chi connectivity index (χ1n) is 7.01. The predicted octanol–water partition coefficient (Wildman–Crippen LogP) is 2.81. The number of hydrogen-bond acceptors (Lipinski definition) is 3. The maximum atomic E-state index is 13.2. The quantitative estimate of drug-likeness (QED) is 0.893. The Labute approximate surface area is 129 Å². The molecule has 2 N–H and O–H groups in total. The van der Waals surface area contributed by atoms with Gasteiger partial charge >= 0.3 is 0 Å². The smallest absolute Gasteiger partial charge is 0.255 e. The number of benzene rings is 2. The SMILES string of the molecule is Cc1cc(C(=O)Nc2ccc(N(C)CCO)cc2)ccc1F. The third-order valence-corrected chi connectivity index (χ3v) is 3.42. The minimum absolute atomic E-state index is 0.0822. The molecular weight excluding hydrogens is 283 g/mol. The molecular formula is C17H19FN2O2. The van der Waals surface area contributed by atoms with Crippen molar-refractivity contribution in [2.75, 3.05) is 30.4 Å². The summed E-state index contributed by atoms with van der Waals surface area (Å²) in [5.41, 5.74) is 2.46. The number of nitrogens with one attached hydrogen (secondary N) is 1. The highest BCUT2D eigenvalue weighted by Crippen LogP contribution is 2.18. The number of anilines is 2. The summed E-state index contributed by atoms with van der Waals surface area (Å²) in [7, 11) is 1.88. The second-order valence-corrected chi connectivity index (χ2v) is 5.11. The van der Waals surface area contributed by atoms with Crippen molar-refractivity contribution in [3.05, 3.63) is 59.4 Å². The molecule has 2 rings (SSSR count). The molecule has 0 radical (unpaired) electrons. The van der Waals surface area contributed by atoms with Crippen LogP contribution >= 0.6 is 0 Å². The van der Waals surface area contributed by atoms with E-state index in [9.17, 15) is 9.18 Å².